The molecule has 1 fully saturated rings. The summed E-state index contributed by atoms with van der Waals surface area (Å²) in [5.41, 5.74) is 5.94. The van der Waals surface area contributed by atoms with Gasteiger partial charge in [0, 0.05) is 30.5 Å². The molecular formula is C26H27ClFN5O5S. The fourth-order valence-corrected chi connectivity index (χ4v) is 6.62. The van der Waals surface area contributed by atoms with Crippen molar-refractivity contribution in [3.8, 4) is 11.5 Å². The van der Waals surface area contributed by atoms with E-state index < -0.39 is 38.8 Å². The van der Waals surface area contributed by atoms with Crippen molar-refractivity contribution in [1.82, 2.24) is 15.1 Å². The summed E-state index contributed by atoms with van der Waals surface area (Å²) in [5, 5.41) is 8.71. The van der Waals surface area contributed by atoms with E-state index in [0.717, 1.165) is 6.07 Å². The molecule has 0 bridgehead atoms. The minimum atomic E-state index is -4.10. The average molecular weight is 576 g/mol. The van der Waals surface area contributed by atoms with Crippen molar-refractivity contribution in [1.29, 1.82) is 0 Å². The molecule has 0 unspecified atom stereocenters. The lowest BCUT2D eigenvalue weighted by Crippen LogP contribution is -2.45. The molecule has 2 aromatic carbocycles. The first kappa shape index (κ1) is 27.2. The number of carbonyl (C=O) groups excluding carboxylic acids is 2. The number of amides is 2. The summed E-state index contributed by atoms with van der Waals surface area (Å²) in [5.74, 6) is -2.04. The third-order valence-electron chi connectivity index (χ3n) is 7.39. The number of benzene rings is 2. The van der Waals surface area contributed by atoms with E-state index in [4.69, 9.17) is 21.8 Å². The van der Waals surface area contributed by atoms with Crippen LogP contribution in [0.1, 0.15) is 38.1 Å². The Bertz CT molecular complexity index is 1550. The number of halogens is 2. The predicted molar refractivity (Wildman–Crippen MR) is 141 cm³/mol. The summed E-state index contributed by atoms with van der Waals surface area (Å²) in [6, 6.07) is 7.48. The lowest BCUT2D eigenvalue weighted by atomic mass is 9.80. The molecule has 2 aliphatic rings. The molecule has 1 aromatic heterocycles. The number of likely N-dealkylation sites (tertiary alicyclic amines) is 1. The van der Waals surface area contributed by atoms with E-state index in [0.29, 0.717) is 42.4 Å². The number of sulfone groups is 1. The van der Waals surface area contributed by atoms with Gasteiger partial charge in [0.25, 0.3) is 5.89 Å². The Kier molecular flexibility index (Phi) is 6.98. The van der Waals surface area contributed by atoms with Crippen LogP contribution < -0.4 is 10.6 Å². The van der Waals surface area contributed by atoms with Gasteiger partial charge in [-0.3, -0.25) is 9.59 Å². The number of fused-ring (bicyclic) bond motifs is 1. The first-order valence-electron chi connectivity index (χ1n) is 12.4. The lowest BCUT2D eigenvalue weighted by Gasteiger charge is -2.36. The van der Waals surface area contributed by atoms with Crippen molar-refractivity contribution in [2.45, 2.75) is 49.6 Å². The Labute approximate surface area is 229 Å². The lowest BCUT2D eigenvalue weighted by molar-refractivity contribution is -0.130. The highest BCUT2D eigenvalue weighted by Crippen LogP contribution is 2.39. The van der Waals surface area contributed by atoms with Crippen LogP contribution in [0.15, 0.2) is 45.7 Å². The third-order valence-corrected chi connectivity index (χ3v) is 9.44. The van der Waals surface area contributed by atoms with Crippen LogP contribution in [-0.4, -0.2) is 60.2 Å². The SMILES string of the molecule is CC(=O)N1CCC(C)(c2nnc(-c3cc4c(cc3F)S(=O)(=O)C[C@H](N)C(=O)N4Cc3ccc(Cl)cc3)o2)CC1. The van der Waals surface area contributed by atoms with Gasteiger partial charge in [-0.25, -0.2) is 12.8 Å². The van der Waals surface area contributed by atoms with E-state index >= 15 is 4.39 Å². The summed E-state index contributed by atoms with van der Waals surface area (Å²) < 4.78 is 47.5. The van der Waals surface area contributed by atoms with Crippen LogP contribution >= 0.6 is 11.6 Å². The van der Waals surface area contributed by atoms with Crippen molar-refractivity contribution >= 4 is 38.9 Å². The van der Waals surface area contributed by atoms with E-state index in [1.807, 2.05) is 6.92 Å². The van der Waals surface area contributed by atoms with Gasteiger partial charge in [0.1, 0.15) is 5.82 Å². The molecule has 1 atom stereocenters. The molecule has 0 spiro atoms. The monoisotopic (exact) mass is 575 g/mol. The smallest absolute Gasteiger partial charge is 0.250 e. The average Bonchev–Trinajstić information content (AvgIpc) is 3.37. The molecule has 2 amide bonds. The van der Waals surface area contributed by atoms with Crippen LogP contribution in [0.3, 0.4) is 0 Å². The van der Waals surface area contributed by atoms with Crippen LogP contribution in [0, 0.1) is 5.82 Å². The topological polar surface area (TPSA) is 140 Å². The van der Waals surface area contributed by atoms with Gasteiger partial charge in [-0.15, -0.1) is 10.2 Å². The summed E-state index contributed by atoms with van der Waals surface area (Å²) in [7, 11) is -4.10. The van der Waals surface area contributed by atoms with E-state index in [1.165, 1.54) is 17.9 Å². The Hall–Kier alpha value is -3.35. The normalized spacial score (nSPS) is 20.4. The maximum Gasteiger partial charge on any atom is 0.250 e. The Morgan fingerprint density at radius 1 is 1.21 bits per heavy atom. The van der Waals surface area contributed by atoms with Gasteiger partial charge in [-0.2, -0.15) is 0 Å². The van der Waals surface area contributed by atoms with Gasteiger partial charge in [0.05, 0.1) is 34.5 Å². The van der Waals surface area contributed by atoms with Gasteiger partial charge in [0.2, 0.25) is 17.7 Å². The summed E-state index contributed by atoms with van der Waals surface area (Å²) in [6.45, 7) is 4.49. The molecule has 13 heteroatoms. The van der Waals surface area contributed by atoms with E-state index in [-0.39, 0.29) is 34.5 Å². The molecule has 0 saturated carbocycles. The van der Waals surface area contributed by atoms with Gasteiger partial charge in [0.15, 0.2) is 9.84 Å². The molecule has 206 valence electrons. The fraction of sp³-hybridized carbons (Fsp3) is 0.385. The number of hydrogen-bond donors (Lipinski definition) is 1. The van der Waals surface area contributed by atoms with E-state index in [2.05, 4.69) is 10.2 Å². The Morgan fingerprint density at radius 3 is 2.51 bits per heavy atom. The Morgan fingerprint density at radius 2 is 1.87 bits per heavy atom. The largest absolute Gasteiger partial charge is 0.420 e. The van der Waals surface area contributed by atoms with Gasteiger partial charge in [-0.1, -0.05) is 30.7 Å². The summed E-state index contributed by atoms with van der Waals surface area (Å²) >= 11 is 5.98. The number of piperidine rings is 1. The number of nitrogens with two attached hydrogens (primary N) is 1. The number of rotatable bonds is 4. The zero-order valence-electron chi connectivity index (χ0n) is 21.4. The van der Waals surface area contributed by atoms with Crippen LogP contribution in [0.5, 0.6) is 0 Å². The zero-order valence-corrected chi connectivity index (χ0v) is 22.9. The van der Waals surface area contributed by atoms with Crippen LogP contribution in [0.25, 0.3) is 11.5 Å². The number of carbonyl (C=O) groups is 2. The predicted octanol–water partition coefficient (Wildman–Crippen LogP) is 3.08. The fourth-order valence-electron chi connectivity index (χ4n) is 4.92. The van der Waals surface area contributed by atoms with Gasteiger partial charge < -0.3 is 20.0 Å². The molecule has 10 nitrogen and oxygen atoms in total. The van der Waals surface area contributed by atoms with Crippen molar-refractivity contribution < 1.29 is 26.8 Å². The minimum Gasteiger partial charge on any atom is -0.420 e. The van der Waals surface area contributed by atoms with Crippen LogP contribution in [0.2, 0.25) is 5.02 Å². The van der Waals surface area contributed by atoms with E-state index in [9.17, 15) is 18.0 Å². The molecule has 2 aliphatic heterocycles. The molecule has 5 rings (SSSR count). The van der Waals surface area contributed by atoms with Crippen molar-refractivity contribution in [2.75, 3.05) is 23.7 Å². The minimum absolute atomic E-state index is 0.0114. The molecule has 0 radical (unpaired) electrons. The van der Waals surface area contributed by atoms with Crippen LogP contribution in [0.4, 0.5) is 10.1 Å². The van der Waals surface area contributed by atoms with Gasteiger partial charge >= 0.3 is 0 Å². The zero-order chi connectivity index (χ0) is 28.1. The highest BCUT2D eigenvalue weighted by Gasteiger charge is 2.39. The highest BCUT2D eigenvalue weighted by molar-refractivity contribution is 7.91. The molecule has 39 heavy (non-hydrogen) atoms. The molecule has 1 saturated heterocycles. The van der Waals surface area contributed by atoms with Gasteiger partial charge in [-0.05, 0) is 42.7 Å². The molecule has 0 aliphatic carbocycles. The van der Waals surface area contributed by atoms with Crippen molar-refractivity contribution in [3.05, 3.63) is 58.7 Å². The maximum atomic E-state index is 15.4. The second-order valence-corrected chi connectivity index (χ2v) is 12.7. The molecule has 3 aromatic rings. The molecular weight excluding hydrogens is 549 g/mol. The second-order valence-electron chi connectivity index (χ2n) is 10.2. The van der Waals surface area contributed by atoms with E-state index in [1.54, 1.807) is 29.2 Å². The Balaban J connectivity index is 1.56. The number of aromatic nitrogens is 2. The van der Waals surface area contributed by atoms with Crippen LogP contribution in [-0.2, 0) is 31.4 Å². The summed E-state index contributed by atoms with van der Waals surface area (Å²) in [6.07, 6.45) is 1.17. The highest BCUT2D eigenvalue weighted by atomic mass is 35.5. The number of nitrogens with zero attached hydrogens (tertiary/aromatic N) is 4. The molecule has 2 N–H and O–H groups in total. The second kappa shape index (κ2) is 10.00. The quantitative estimate of drug-likeness (QED) is 0.500. The molecule has 3 heterocycles. The maximum absolute atomic E-state index is 15.4. The standard InChI is InChI=1S/C26H27ClFN5O5S/c1-15(34)32-9-7-26(2,8-10-32)25-31-30-23(38-25)18-11-21-22(12-19(18)28)39(36,37)14-20(29)24(35)33(21)13-16-3-5-17(27)6-4-16/h3-6,11-12,20H,7-10,13-14,29H2,1-2H3/t20-/m0/s1. The summed E-state index contributed by atoms with van der Waals surface area (Å²) in [4.78, 5) is 27.6. The number of hydrogen-bond acceptors (Lipinski definition) is 8. The third kappa shape index (κ3) is 5.15. The number of anilines is 1. The first-order valence-corrected chi connectivity index (χ1v) is 14.4. The van der Waals surface area contributed by atoms with Crippen molar-refractivity contribution in [2.24, 2.45) is 5.73 Å². The van der Waals surface area contributed by atoms with Crippen molar-refractivity contribution in [3.63, 3.8) is 0 Å². The first-order chi connectivity index (χ1) is 18.4.